The molecule has 86 valence electrons. The van der Waals surface area contributed by atoms with Crippen molar-refractivity contribution in [1.82, 2.24) is 10.1 Å². The van der Waals surface area contributed by atoms with Gasteiger partial charge in [0.25, 0.3) is 0 Å². The van der Waals surface area contributed by atoms with Gasteiger partial charge in [0, 0.05) is 0 Å². The van der Waals surface area contributed by atoms with Crippen LogP contribution in [0.15, 0.2) is 21.3 Å². The molecule has 5 nitrogen and oxygen atoms in total. The van der Waals surface area contributed by atoms with Crippen LogP contribution in [0.2, 0.25) is 0 Å². The number of aryl methyl sites for hydroxylation is 1. The standard InChI is InChI=1S/C11H14N2O3/c1-3-8(14)6-9-12-11(13-16-9)10-7(2)4-5-15-10/h4-5,8,14H,3,6H2,1-2H3. The first kappa shape index (κ1) is 10.9. The molecular formula is C11H14N2O3. The monoisotopic (exact) mass is 222 g/mol. The average Bonchev–Trinajstić information content (AvgIpc) is 2.86. The molecule has 0 fully saturated rings. The van der Waals surface area contributed by atoms with Gasteiger partial charge in [-0.25, -0.2) is 0 Å². The Kier molecular flexibility index (Phi) is 3.05. The Bertz CT molecular complexity index is 461. The summed E-state index contributed by atoms with van der Waals surface area (Å²) in [6, 6.07) is 1.84. The molecule has 0 aliphatic heterocycles. The van der Waals surface area contributed by atoms with Crippen LogP contribution in [-0.2, 0) is 6.42 Å². The third kappa shape index (κ3) is 2.14. The maximum atomic E-state index is 9.45. The minimum Gasteiger partial charge on any atom is -0.461 e. The first-order valence-electron chi connectivity index (χ1n) is 5.25. The zero-order valence-corrected chi connectivity index (χ0v) is 9.30. The molecule has 5 heteroatoms. The summed E-state index contributed by atoms with van der Waals surface area (Å²) in [5.41, 5.74) is 0.961. The highest BCUT2D eigenvalue weighted by Gasteiger charge is 2.15. The summed E-state index contributed by atoms with van der Waals surface area (Å²) < 4.78 is 10.3. The lowest BCUT2D eigenvalue weighted by Gasteiger charge is -2.01. The van der Waals surface area contributed by atoms with Gasteiger partial charge in [0.15, 0.2) is 5.76 Å². The lowest BCUT2D eigenvalue weighted by atomic mass is 10.2. The Labute approximate surface area is 93.1 Å². The number of hydrogen-bond acceptors (Lipinski definition) is 5. The van der Waals surface area contributed by atoms with Crippen LogP contribution in [0.25, 0.3) is 11.6 Å². The van der Waals surface area contributed by atoms with Gasteiger partial charge in [-0.3, -0.25) is 0 Å². The minimum atomic E-state index is -0.439. The van der Waals surface area contributed by atoms with Gasteiger partial charge >= 0.3 is 0 Å². The van der Waals surface area contributed by atoms with Gasteiger partial charge in [-0.2, -0.15) is 4.98 Å². The normalized spacial score (nSPS) is 12.9. The van der Waals surface area contributed by atoms with Crippen LogP contribution in [0.3, 0.4) is 0 Å². The molecule has 16 heavy (non-hydrogen) atoms. The lowest BCUT2D eigenvalue weighted by molar-refractivity contribution is 0.158. The molecule has 2 aromatic heterocycles. The summed E-state index contributed by atoms with van der Waals surface area (Å²) in [4.78, 5) is 4.17. The van der Waals surface area contributed by atoms with Gasteiger partial charge in [0.05, 0.1) is 18.8 Å². The SMILES string of the molecule is CCC(O)Cc1nc(-c2occc2C)no1. The van der Waals surface area contributed by atoms with E-state index in [1.807, 2.05) is 19.9 Å². The summed E-state index contributed by atoms with van der Waals surface area (Å²) in [5, 5.41) is 13.3. The Hall–Kier alpha value is -1.62. The van der Waals surface area contributed by atoms with Crippen LogP contribution in [0, 0.1) is 6.92 Å². The zero-order chi connectivity index (χ0) is 11.5. The minimum absolute atomic E-state index is 0.378. The van der Waals surface area contributed by atoms with Crippen molar-refractivity contribution in [3.05, 3.63) is 23.8 Å². The zero-order valence-electron chi connectivity index (χ0n) is 9.30. The Morgan fingerprint density at radius 2 is 2.31 bits per heavy atom. The van der Waals surface area contributed by atoms with E-state index >= 15 is 0 Å². The highest BCUT2D eigenvalue weighted by molar-refractivity contribution is 5.50. The second kappa shape index (κ2) is 4.49. The largest absolute Gasteiger partial charge is 0.461 e. The molecule has 2 aromatic rings. The van der Waals surface area contributed by atoms with Gasteiger partial charge in [-0.05, 0) is 25.0 Å². The van der Waals surface area contributed by atoms with Crippen LogP contribution in [0.5, 0.6) is 0 Å². The molecule has 0 bridgehead atoms. The van der Waals surface area contributed by atoms with Crippen LogP contribution >= 0.6 is 0 Å². The van der Waals surface area contributed by atoms with Crippen molar-refractivity contribution >= 4 is 0 Å². The summed E-state index contributed by atoms with van der Waals surface area (Å²) in [7, 11) is 0. The Morgan fingerprint density at radius 1 is 1.50 bits per heavy atom. The highest BCUT2D eigenvalue weighted by Crippen LogP contribution is 2.21. The molecule has 1 atom stereocenters. The Morgan fingerprint density at radius 3 is 2.94 bits per heavy atom. The van der Waals surface area contributed by atoms with Gasteiger partial charge in [-0.1, -0.05) is 12.1 Å². The van der Waals surface area contributed by atoms with Crippen molar-refractivity contribution in [2.45, 2.75) is 32.8 Å². The Balaban J connectivity index is 2.17. The molecule has 0 saturated carbocycles. The molecule has 0 radical (unpaired) electrons. The second-order valence-electron chi connectivity index (χ2n) is 3.71. The molecule has 2 heterocycles. The van der Waals surface area contributed by atoms with Gasteiger partial charge in [0.2, 0.25) is 11.7 Å². The highest BCUT2D eigenvalue weighted by atomic mass is 16.5. The van der Waals surface area contributed by atoms with Crippen molar-refractivity contribution in [2.75, 3.05) is 0 Å². The topological polar surface area (TPSA) is 72.3 Å². The fraction of sp³-hybridized carbons (Fsp3) is 0.455. The number of furan rings is 1. The van der Waals surface area contributed by atoms with E-state index < -0.39 is 6.10 Å². The van der Waals surface area contributed by atoms with Crippen molar-refractivity contribution in [2.24, 2.45) is 0 Å². The van der Waals surface area contributed by atoms with E-state index in [0.717, 1.165) is 5.56 Å². The van der Waals surface area contributed by atoms with Crippen LogP contribution < -0.4 is 0 Å². The number of nitrogens with zero attached hydrogens (tertiary/aromatic N) is 2. The fourth-order valence-corrected chi connectivity index (χ4v) is 1.38. The fourth-order valence-electron chi connectivity index (χ4n) is 1.38. The molecule has 0 amide bonds. The summed E-state index contributed by atoms with van der Waals surface area (Å²) >= 11 is 0. The van der Waals surface area contributed by atoms with Crippen molar-refractivity contribution in [3.8, 4) is 11.6 Å². The molecule has 1 unspecified atom stereocenters. The van der Waals surface area contributed by atoms with Crippen molar-refractivity contribution < 1.29 is 14.0 Å². The smallest absolute Gasteiger partial charge is 0.238 e. The second-order valence-corrected chi connectivity index (χ2v) is 3.71. The van der Waals surface area contributed by atoms with E-state index in [2.05, 4.69) is 10.1 Å². The van der Waals surface area contributed by atoms with Gasteiger partial charge in [0.1, 0.15) is 0 Å². The summed E-state index contributed by atoms with van der Waals surface area (Å²) in [5.74, 6) is 1.47. The quantitative estimate of drug-likeness (QED) is 0.855. The lowest BCUT2D eigenvalue weighted by Crippen LogP contribution is -2.08. The van der Waals surface area contributed by atoms with E-state index in [4.69, 9.17) is 8.94 Å². The molecule has 1 N–H and O–H groups in total. The number of rotatable bonds is 4. The maximum Gasteiger partial charge on any atom is 0.238 e. The third-order valence-corrected chi connectivity index (χ3v) is 2.41. The number of aliphatic hydroxyl groups excluding tert-OH is 1. The van der Waals surface area contributed by atoms with Crippen LogP contribution in [0.4, 0.5) is 0 Å². The number of aliphatic hydroxyl groups is 1. The van der Waals surface area contributed by atoms with E-state index in [1.54, 1.807) is 6.26 Å². The molecule has 2 rings (SSSR count). The van der Waals surface area contributed by atoms with Crippen molar-refractivity contribution in [3.63, 3.8) is 0 Å². The summed E-state index contributed by atoms with van der Waals surface area (Å²) in [6.07, 6.45) is 2.19. The van der Waals surface area contributed by atoms with Gasteiger partial charge < -0.3 is 14.0 Å². The van der Waals surface area contributed by atoms with E-state index in [1.165, 1.54) is 0 Å². The first-order chi connectivity index (χ1) is 7.70. The molecule has 0 aliphatic carbocycles. The van der Waals surface area contributed by atoms with Crippen LogP contribution in [0.1, 0.15) is 24.8 Å². The predicted molar refractivity (Wildman–Crippen MR) is 56.7 cm³/mol. The molecular weight excluding hydrogens is 208 g/mol. The maximum absolute atomic E-state index is 9.45. The van der Waals surface area contributed by atoms with Crippen LogP contribution in [-0.4, -0.2) is 21.4 Å². The first-order valence-corrected chi connectivity index (χ1v) is 5.25. The van der Waals surface area contributed by atoms with Crippen molar-refractivity contribution in [1.29, 1.82) is 0 Å². The average molecular weight is 222 g/mol. The van der Waals surface area contributed by atoms with E-state index in [-0.39, 0.29) is 0 Å². The molecule has 0 aromatic carbocycles. The molecule has 0 aliphatic rings. The van der Waals surface area contributed by atoms with E-state index in [9.17, 15) is 5.11 Å². The van der Waals surface area contributed by atoms with E-state index in [0.29, 0.717) is 30.3 Å². The molecule has 0 spiro atoms. The molecule has 0 saturated heterocycles. The third-order valence-electron chi connectivity index (χ3n) is 2.41. The van der Waals surface area contributed by atoms with Gasteiger partial charge in [-0.15, -0.1) is 0 Å². The summed E-state index contributed by atoms with van der Waals surface area (Å²) in [6.45, 7) is 3.81. The number of aromatic nitrogens is 2. The number of hydrogen-bond donors (Lipinski definition) is 1. The predicted octanol–water partition coefficient (Wildman–Crippen LogP) is 1.95.